The molecular formula is C17H18N2O3. The highest BCUT2D eigenvalue weighted by molar-refractivity contribution is 5.99. The number of hydrogen-bond donors (Lipinski definition) is 1. The number of Topliss-reactive ketones (excluding diaryl/α,β-unsaturated/α-hetero) is 1. The van der Waals surface area contributed by atoms with Crippen molar-refractivity contribution < 1.29 is 14.3 Å². The third kappa shape index (κ3) is 2.39. The monoisotopic (exact) mass is 298 g/mol. The lowest BCUT2D eigenvalue weighted by atomic mass is 9.91. The summed E-state index contributed by atoms with van der Waals surface area (Å²) in [6, 6.07) is 6.81. The number of carbonyl (C=O) groups excluding carboxylic acids is 2. The molecule has 0 fully saturated rings. The third-order valence-corrected chi connectivity index (χ3v) is 3.99. The smallest absolute Gasteiger partial charge is 0.322 e. The summed E-state index contributed by atoms with van der Waals surface area (Å²) in [4.78, 5) is 26.1. The molecule has 1 aromatic carbocycles. The second-order valence-electron chi connectivity index (χ2n) is 5.35. The minimum absolute atomic E-state index is 0.0348. The molecule has 3 rings (SSSR count). The van der Waals surface area contributed by atoms with Gasteiger partial charge in [0.15, 0.2) is 5.78 Å². The molecule has 0 bridgehead atoms. The van der Waals surface area contributed by atoms with Crippen molar-refractivity contribution in [1.29, 1.82) is 0 Å². The lowest BCUT2D eigenvalue weighted by Crippen LogP contribution is -2.48. The molecule has 0 saturated heterocycles. The number of fused-ring (bicyclic) bond motifs is 1. The molecule has 2 aliphatic heterocycles. The van der Waals surface area contributed by atoms with Crippen LogP contribution in [0.15, 0.2) is 47.7 Å². The van der Waals surface area contributed by atoms with E-state index >= 15 is 0 Å². The van der Waals surface area contributed by atoms with Crippen molar-refractivity contribution in [2.24, 2.45) is 0 Å². The molecule has 0 radical (unpaired) electrons. The number of ketones is 1. The van der Waals surface area contributed by atoms with Crippen LogP contribution in [-0.4, -0.2) is 30.4 Å². The average Bonchev–Trinajstić information content (AvgIpc) is 2.54. The summed E-state index contributed by atoms with van der Waals surface area (Å²) in [5.41, 5.74) is 2.20. The van der Waals surface area contributed by atoms with Gasteiger partial charge in [-0.3, -0.25) is 9.69 Å². The number of allylic oxidation sites excluding steroid dienone is 1. The number of benzene rings is 1. The Morgan fingerprint density at radius 3 is 2.68 bits per heavy atom. The Morgan fingerprint density at radius 1 is 1.32 bits per heavy atom. The molecule has 0 aromatic heterocycles. The van der Waals surface area contributed by atoms with Crippen LogP contribution in [0.5, 0.6) is 5.75 Å². The zero-order valence-electron chi connectivity index (χ0n) is 12.6. The van der Waals surface area contributed by atoms with Crippen LogP contribution in [-0.2, 0) is 4.79 Å². The largest absolute Gasteiger partial charge is 0.497 e. The summed E-state index contributed by atoms with van der Waals surface area (Å²) in [7, 11) is 1.60. The zero-order chi connectivity index (χ0) is 15.7. The number of methoxy groups -OCH3 is 1. The summed E-state index contributed by atoms with van der Waals surface area (Å²) in [6.45, 7) is 2.14. The number of nitrogens with one attached hydrogen (secondary N) is 1. The number of amides is 2. The van der Waals surface area contributed by atoms with Crippen molar-refractivity contribution in [1.82, 2.24) is 10.2 Å². The van der Waals surface area contributed by atoms with Crippen molar-refractivity contribution >= 4 is 11.8 Å². The first kappa shape index (κ1) is 14.4. The van der Waals surface area contributed by atoms with Crippen molar-refractivity contribution in [3.05, 3.63) is 53.3 Å². The second-order valence-corrected chi connectivity index (χ2v) is 5.35. The SMILES string of the molecule is COc1ccc(C2NC(=O)N3CCC=CC3=C2C(C)=O)cc1. The van der Waals surface area contributed by atoms with E-state index in [0.717, 1.165) is 17.7 Å². The van der Waals surface area contributed by atoms with Crippen LogP contribution >= 0.6 is 0 Å². The summed E-state index contributed by atoms with van der Waals surface area (Å²) in [5.74, 6) is 0.703. The number of rotatable bonds is 3. The minimum Gasteiger partial charge on any atom is -0.497 e. The minimum atomic E-state index is -0.426. The van der Waals surface area contributed by atoms with Gasteiger partial charge in [0, 0.05) is 12.1 Å². The first-order chi connectivity index (χ1) is 10.6. The fraction of sp³-hybridized carbons (Fsp3) is 0.294. The number of urea groups is 1. The molecule has 114 valence electrons. The second kappa shape index (κ2) is 5.67. The molecule has 5 nitrogen and oxygen atoms in total. The predicted octanol–water partition coefficient (Wildman–Crippen LogP) is 2.56. The van der Waals surface area contributed by atoms with E-state index in [1.54, 1.807) is 12.0 Å². The maximum absolute atomic E-state index is 12.3. The van der Waals surface area contributed by atoms with Gasteiger partial charge in [0.1, 0.15) is 5.75 Å². The quantitative estimate of drug-likeness (QED) is 0.933. The standard InChI is InChI=1S/C17H18N2O3/c1-11(20)15-14-5-3-4-10-19(14)17(21)18-16(15)12-6-8-13(22-2)9-7-12/h3,5-9,16H,4,10H2,1-2H3,(H,18,21). The van der Waals surface area contributed by atoms with Gasteiger partial charge in [-0.1, -0.05) is 18.2 Å². The normalized spacial score (nSPS) is 20.5. The van der Waals surface area contributed by atoms with E-state index in [1.165, 1.54) is 6.92 Å². The highest BCUT2D eigenvalue weighted by atomic mass is 16.5. The van der Waals surface area contributed by atoms with E-state index in [2.05, 4.69) is 5.32 Å². The van der Waals surface area contributed by atoms with Gasteiger partial charge in [-0.25, -0.2) is 4.79 Å². The van der Waals surface area contributed by atoms with Gasteiger partial charge >= 0.3 is 6.03 Å². The summed E-state index contributed by atoms with van der Waals surface area (Å²) in [6.07, 6.45) is 4.67. The molecule has 1 N–H and O–H groups in total. The molecule has 0 saturated carbocycles. The first-order valence-electron chi connectivity index (χ1n) is 7.25. The number of ether oxygens (including phenoxy) is 1. The molecule has 22 heavy (non-hydrogen) atoms. The fourth-order valence-electron chi connectivity index (χ4n) is 2.91. The topological polar surface area (TPSA) is 58.6 Å². The summed E-state index contributed by atoms with van der Waals surface area (Å²) < 4.78 is 5.15. The van der Waals surface area contributed by atoms with E-state index in [1.807, 2.05) is 36.4 Å². The maximum Gasteiger partial charge on any atom is 0.322 e. The Labute approximate surface area is 129 Å². The van der Waals surface area contributed by atoms with E-state index in [9.17, 15) is 9.59 Å². The Balaban J connectivity index is 2.09. The molecule has 1 unspecified atom stereocenters. The van der Waals surface area contributed by atoms with E-state index in [-0.39, 0.29) is 11.8 Å². The zero-order valence-corrected chi connectivity index (χ0v) is 12.6. The molecule has 0 spiro atoms. The number of nitrogens with zero attached hydrogens (tertiary/aromatic N) is 1. The van der Waals surface area contributed by atoms with Crippen molar-refractivity contribution in [2.75, 3.05) is 13.7 Å². The van der Waals surface area contributed by atoms with Crippen LogP contribution in [0.1, 0.15) is 24.9 Å². The highest BCUT2D eigenvalue weighted by Crippen LogP contribution is 2.33. The van der Waals surface area contributed by atoms with Crippen LogP contribution in [0.2, 0.25) is 0 Å². The average molecular weight is 298 g/mol. The van der Waals surface area contributed by atoms with Crippen LogP contribution in [0.3, 0.4) is 0 Å². The lowest BCUT2D eigenvalue weighted by Gasteiger charge is -2.37. The lowest BCUT2D eigenvalue weighted by molar-refractivity contribution is -0.114. The van der Waals surface area contributed by atoms with Crippen LogP contribution in [0.4, 0.5) is 4.79 Å². The van der Waals surface area contributed by atoms with Crippen molar-refractivity contribution in [2.45, 2.75) is 19.4 Å². The van der Waals surface area contributed by atoms with Crippen molar-refractivity contribution in [3.63, 3.8) is 0 Å². The molecule has 2 aliphatic rings. The molecule has 1 atom stereocenters. The van der Waals surface area contributed by atoms with E-state index in [0.29, 0.717) is 17.8 Å². The molecule has 0 aliphatic carbocycles. The summed E-state index contributed by atoms with van der Waals surface area (Å²) in [5, 5.41) is 2.93. The molecular weight excluding hydrogens is 280 g/mol. The van der Waals surface area contributed by atoms with E-state index in [4.69, 9.17) is 4.74 Å². The third-order valence-electron chi connectivity index (χ3n) is 3.99. The number of hydrogen-bond acceptors (Lipinski definition) is 3. The van der Waals surface area contributed by atoms with Gasteiger partial charge in [-0.05, 0) is 37.1 Å². The Kier molecular flexibility index (Phi) is 3.71. The van der Waals surface area contributed by atoms with Gasteiger partial charge in [0.25, 0.3) is 0 Å². The molecule has 1 aromatic rings. The van der Waals surface area contributed by atoms with Gasteiger partial charge < -0.3 is 10.1 Å². The fourth-order valence-corrected chi connectivity index (χ4v) is 2.91. The van der Waals surface area contributed by atoms with Gasteiger partial charge in [-0.15, -0.1) is 0 Å². The Bertz CT molecular complexity index is 674. The maximum atomic E-state index is 12.3. The van der Waals surface area contributed by atoms with Gasteiger partial charge in [0.2, 0.25) is 0 Å². The molecule has 2 heterocycles. The van der Waals surface area contributed by atoms with Crippen LogP contribution in [0, 0.1) is 0 Å². The number of carbonyl (C=O) groups is 2. The molecule has 5 heteroatoms. The highest BCUT2D eigenvalue weighted by Gasteiger charge is 2.35. The molecule has 2 amide bonds. The summed E-state index contributed by atoms with van der Waals surface area (Å²) >= 11 is 0. The van der Waals surface area contributed by atoms with E-state index < -0.39 is 6.04 Å². The van der Waals surface area contributed by atoms with Gasteiger partial charge in [0.05, 0.1) is 18.8 Å². The van der Waals surface area contributed by atoms with Crippen LogP contribution < -0.4 is 10.1 Å². The first-order valence-corrected chi connectivity index (χ1v) is 7.25. The predicted molar refractivity (Wildman–Crippen MR) is 82.4 cm³/mol. The Morgan fingerprint density at radius 2 is 2.05 bits per heavy atom. The van der Waals surface area contributed by atoms with Gasteiger partial charge in [-0.2, -0.15) is 0 Å². The van der Waals surface area contributed by atoms with Crippen LogP contribution in [0.25, 0.3) is 0 Å². The Hall–Kier alpha value is -2.56. The van der Waals surface area contributed by atoms with Crippen molar-refractivity contribution in [3.8, 4) is 5.75 Å².